The number of allylic oxidation sites excluding steroid dienone is 2. The van der Waals surface area contributed by atoms with E-state index in [1.165, 1.54) is 12.8 Å². The molecular weight excluding hydrogens is 324 g/mol. The molecule has 2 atom stereocenters. The molecule has 0 aliphatic carbocycles. The first kappa shape index (κ1) is 22.5. The Balaban J connectivity index is 0.000000260. The molecule has 0 aromatic rings. The summed E-state index contributed by atoms with van der Waals surface area (Å²) in [6, 6.07) is 0.852. The van der Waals surface area contributed by atoms with Crippen molar-refractivity contribution < 1.29 is 9.59 Å². The van der Waals surface area contributed by atoms with E-state index in [4.69, 9.17) is 0 Å². The summed E-state index contributed by atoms with van der Waals surface area (Å²) in [5.74, 6) is 0.474. The number of carbonyl (C=O) groups excluding carboxylic acids is 2. The van der Waals surface area contributed by atoms with Crippen LogP contribution >= 0.6 is 0 Å². The van der Waals surface area contributed by atoms with Gasteiger partial charge in [-0.3, -0.25) is 9.59 Å². The summed E-state index contributed by atoms with van der Waals surface area (Å²) in [5.41, 5.74) is 0. The number of hydrogen-bond acceptors (Lipinski definition) is 2. The molecule has 2 N–H and O–H groups in total. The molecule has 26 heavy (non-hydrogen) atoms. The number of hydrogen-bond donors (Lipinski definition) is 2. The lowest BCUT2D eigenvalue weighted by Gasteiger charge is -2.14. The van der Waals surface area contributed by atoms with Crippen molar-refractivity contribution in [2.45, 2.75) is 102 Å². The van der Waals surface area contributed by atoms with E-state index in [1.807, 2.05) is 12.2 Å². The van der Waals surface area contributed by atoms with Crippen LogP contribution in [0.25, 0.3) is 0 Å². The Kier molecular flexibility index (Phi) is 12.6. The van der Waals surface area contributed by atoms with Gasteiger partial charge in [-0.25, -0.2) is 0 Å². The second-order valence-corrected chi connectivity index (χ2v) is 7.46. The van der Waals surface area contributed by atoms with E-state index in [9.17, 15) is 9.59 Å². The van der Waals surface area contributed by atoms with Gasteiger partial charge >= 0.3 is 0 Å². The molecule has 2 aliphatic heterocycles. The predicted molar refractivity (Wildman–Crippen MR) is 109 cm³/mol. The topological polar surface area (TPSA) is 58.2 Å². The highest BCUT2D eigenvalue weighted by molar-refractivity contribution is 5.76. The minimum absolute atomic E-state index is 0.237. The summed E-state index contributed by atoms with van der Waals surface area (Å²) in [4.78, 5) is 22.4. The second-order valence-electron chi connectivity index (χ2n) is 7.46. The lowest BCUT2D eigenvalue weighted by Crippen LogP contribution is -2.32. The van der Waals surface area contributed by atoms with Crippen molar-refractivity contribution in [3.05, 3.63) is 25.3 Å². The Bertz CT molecular complexity index is 394. The van der Waals surface area contributed by atoms with Crippen LogP contribution in [0.4, 0.5) is 0 Å². The molecule has 2 heterocycles. The van der Waals surface area contributed by atoms with Gasteiger partial charge in [-0.15, -0.1) is 13.2 Å². The summed E-state index contributed by atoms with van der Waals surface area (Å²) >= 11 is 0. The van der Waals surface area contributed by atoms with Gasteiger partial charge in [0.1, 0.15) is 0 Å². The minimum atomic E-state index is 0.237. The second kappa shape index (κ2) is 14.6. The minimum Gasteiger partial charge on any atom is -0.353 e. The SMILES string of the molecule is C=CCCC[C@@H]1CCCCC(=O)N1.C=CCCC[C@H]1CCCCC(=O)N1. The quantitative estimate of drug-likeness (QED) is 0.481. The van der Waals surface area contributed by atoms with Crippen molar-refractivity contribution in [1.29, 1.82) is 0 Å². The summed E-state index contributed by atoms with van der Waals surface area (Å²) in [6.45, 7) is 7.38. The fraction of sp³-hybridized carbons (Fsp3) is 0.727. The number of amides is 2. The van der Waals surface area contributed by atoms with Gasteiger partial charge in [0.15, 0.2) is 0 Å². The Morgan fingerprint density at radius 2 is 1.19 bits per heavy atom. The zero-order chi connectivity index (χ0) is 19.0. The lowest BCUT2D eigenvalue weighted by molar-refractivity contribution is -0.122. The maximum absolute atomic E-state index is 11.2. The Morgan fingerprint density at radius 1 is 0.769 bits per heavy atom. The van der Waals surface area contributed by atoms with Crippen LogP contribution in [0, 0.1) is 0 Å². The van der Waals surface area contributed by atoms with Gasteiger partial charge in [0, 0.05) is 24.9 Å². The number of unbranched alkanes of at least 4 members (excludes halogenated alkanes) is 2. The van der Waals surface area contributed by atoms with Crippen LogP contribution in [0.2, 0.25) is 0 Å². The Labute approximate surface area is 159 Å². The average Bonchev–Trinajstić information content (AvgIpc) is 2.96. The molecule has 4 heteroatoms. The molecule has 0 bridgehead atoms. The molecule has 0 spiro atoms. The molecule has 0 radical (unpaired) electrons. The van der Waals surface area contributed by atoms with Crippen molar-refractivity contribution in [3.63, 3.8) is 0 Å². The smallest absolute Gasteiger partial charge is 0.220 e. The Hall–Kier alpha value is -1.58. The molecule has 0 unspecified atom stereocenters. The van der Waals surface area contributed by atoms with E-state index in [1.54, 1.807) is 0 Å². The summed E-state index contributed by atoms with van der Waals surface area (Å²) in [6.07, 6.45) is 18.8. The number of carbonyl (C=O) groups is 2. The average molecular weight is 363 g/mol. The maximum Gasteiger partial charge on any atom is 0.220 e. The number of rotatable bonds is 8. The van der Waals surface area contributed by atoms with Gasteiger partial charge in [0.05, 0.1) is 0 Å². The number of nitrogens with one attached hydrogen (secondary N) is 2. The zero-order valence-corrected chi connectivity index (χ0v) is 16.4. The molecule has 2 rings (SSSR count). The molecule has 0 aromatic heterocycles. The molecule has 2 amide bonds. The van der Waals surface area contributed by atoms with Crippen LogP contribution in [-0.2, 0) is 9.59 Å². The van der Waals surface area contributed by atoms with Gasteiger partial charge in [-0.2, -0.15) is 0 Å². The molecule has 2 saturated heterocycles. The van der Waals surface area contributed by atoms with Crippen LogP contribution in [0.5, 0.6) is 0 Å². The van der Waals surface area contributed by atoms with E-state index in [0.717, 1.165) is 77.0 Å². The highest BCUT2D eigenvalue weighted by atomic mass is 16.2. The first-order chi connectivity index (χ1) is 12.7. The van der Waals surface area contributed by atoms with Gasteiger partial charge in [-0.05, 0) is 64.2 Å². The van der Waals surface area contributed by atoms with Crippen LogP contribution in [0.1, 0.15) is 89.9 Å². The standard InChI is InChI=1S/2C11H19NO/c2*1-2-3-4-7-10-8-5-6-9-11(13)12-10/h2*2,10H,1,3-9H2,(H,12,13)/t2*10-/m10/s1. The molecule has 2 aliphatic rings. The monoisotopic (exact) mass is 362 g/mol. The summed E-state index contributed by atoms with van der Waals surface area (Å²) in [7, 11) is 0. The molecule has 2 fully saturated rings. The third kappa shape index (κ3) is 11.1. The first-order valence-corrected chi connectivity index (χ1v) is 10.5. The predicted octanol–water partition coefficient (Wildman–Crippen LogP) is 4.80. The first-order valence-electron chi connectivity index (χ1n) is 10.5. The van der Waals surface area contributed by atoms with Crippen LogP contribution in [-0.4, -0.2) is 23.9 Å². The maximum atomic E-state index is 11.2. The largest absolute Gasteiger partial charge is 0.353 e. The normalized spacial score (nSPS) is 23.4. The fourth-order valence-electron chi connectivity index (χ4n) is 3.55. The molecule has 148 valence electrons. The van der Waals surface area contributed by atoms with Gasteiger partial charge < -0.3 is 10.6 Å². The van der Waals surface area contributed by atoms with E-state index in [0.29, 0.717) is 12.1 Å². The van der Waals surface area contributed by atoms with E-state index in [2.05, 4.69) is 23.8 Å². The van der Waals surface area contributed by atoms with Gasteiger partial charge in [0.25, 0.3) is 0 Å². The highest BCUT2D eigenvalue weighted by Gasteiger charge is 2.16. The fourth-order valence-corrected chi connectivity index (χ4v) is 3.55. The van der Waals surface area contributed by atoms with Crippen molar-refractivity contribution in [2.24, 2.45) is 0 Å². The highest BCUT2D eigenvalue weighted by Crippen LogP contribution is 2.14. The van der Waals surface area contributed by atoms with Crippen LogP contribution < -0.4 is 10.6 Å². The van der Waals surface area contributed by atoms with Gasteiger partial charge in [-0.1, -0.05) is 25.0 Å². The van der Waals surface area contributed by atoms with E-state index < -0.39 is 0 Å². The Morgan fingerprint density at radius 3 is 1.58 bits per heavy atom. The van der Waals surface area contributed by atoms with Crippen molar-refractivity contribution in [3.8, 4) is 0 Å². The third-order valence-electron chi connectivity index (χ3n) is 5.06. The van der Waals surface area contributed by atoms with Gasteiger partial charge in [0.2, 0.25) is 11.8 Å². The van der Waals surface area contributed by atoms with Crippen molar-refractivity contribution in [2.75, 3.05) is 0 Å². The molecule has 4 nitrogen and oxygen atoms in total. The van der Waals surface area contributed by atoms with Crippen molar-refractivity contribution in [1.82, 2.24) is 10.6 Å². The van der Waals surface area contributed by atoms with Crippen LogP contribution in [0.3, 0.4) is 0 Å². The summed E-state index contributed by atoms with van der Waals surface area (Å²) in [5, 5.41) is 6.13. The molecular formula is C22H38N2O2. The molecule has 0 saturated carbocycles. The van der Waals surface area contributed by atoms with E-state index in [-0.39, 0.29) is 11.8 Å². The lowest BCUT2D eigenvalue weighted by atomic mass is 10.0. The van der Waals surface area contributed by atoms with E-state index >= 15 is 0 Å². The summed E-state index contributed by atoms with van der Waals surface area (Å²) < 4.78 is 0. The van der Waals surface area contributed by atoms with Crippen LogP contribution in [0.15, 0.2) is 25.3 Å². The zero-order valence-electron chi connectivity index (χ0n) is 16.4. The van der Waals surface area contributed by atoms with Crippen molar-refractivity contribution >= 4 is 11.8 Å². The third-order valence-corrected chi connectivity index (χ3v) is 5.06. The molecule has 0 aromatic carbocycles.